The predicted molar refractivity (Wildman–Crippen MR) is 70.8 cm³/mol. The van der Waals surface area contributed by atoms with Crippen LogP contribution in [-0.2, 0) is 27.2 Å². The van der Waals surface area contributed by atoms with Gasteiger partial charge in [-0.15, -0.1) is 0 Å². The average Bonchev–Trinajstić information content (AvgIpc) is 2.46. The highest BCUT2D eigenvalue weighted by Crippen LogP contribution is 2.20. The molecule has 104 valence electrons. The van der Waals surface area contributed by atoms with Gasteiger partial charge < -0.3 is 14.4 Å². The molecule has 1 aromatic rings. The van der Waals surface area contributed by atoms with Crippen LogP contribution < -0.4 is 0 Å². The monoisotopic (exact) mass is 265 g/mol. The van der Waals surface area contributed by atoms with Gasteiger partial charge in [-0.2, -0.15) is 0 Å². The van der Waals surface area contributed by atoms with Crippen LogP contribution in [0.3, 0.4) is 0 Å². The third kappa shape index (κ3) is 4.28. The zero-order valence-electron chi connectivity index (χ0n) is 11.5. The Morgan fingerprint density at radius 3 is 2.58 bits per heavy atom. The Labute approximate surface area is 113 Å². The van der Waals surface area contributed by atoms with E-state index in [1.807, 2.05) is 0 Å². The number of amides is 1. The molecule has 0 radical (unpaired) electrons. The summed E-state index contributed by atoms with van der Waals surface area (Å²) in [5, 5.41) is 0. The maximum absolute atomic E-state index is 11.3. The lowest BCUT2D eigenvalue weighted by atomic mass is 9.98. The maximum atomic E-state index is 11.3. The topological polar surface area (TPSA) is 55.8 Å². The van der Waals surface area contributed by atoms with E-state index < -0.39 is 0 Å². The van der Waals surface area contributed by atoms with Gasteiger partial charge in [-0.05, 0) is 24.5 Å². The molecular weight excluding hydrogens is 246 g/mol. The third-order valence-electron chi connectivity index (χ3n) is 2.90. The number of nitrogens with zero attached hydrogens (tertiary/aromatic N) is 1. The van der Waals surface area contributed by atoms with Crippen LogP contribution in [-0.4, -0.2) is 38.2 Å². The van der Waals surface area contributed by atoms with Crippen LogP contribution in [0.25, 0.3) is 0 Å². The van der Waals surface area contributed by atoms with Crippen LogP contribution in [0, 0.1) is 6.92 Å². The minimum absolute atomic E-state index is 0.235. The summed E-state index contributed by atoms with van der Waals surface area (Å²) < 4.78 is 8.58. The van der Waals surface area contributed by atoms with Crippen LogP contribution in [0.15, 0.2) is 18.2 Å². The first-order valence-corrected chi connectivity index (χ1v) is 6.00. The molecule has 0 atom stereocenters. The molecule has 1 aliphatic heterocycles. The number of ether oxygens (including phenoxy) is 2. The van der Waals surface area contributed by atoms with Gasteiger partial charge in [0.2, 0.25) is 0 Å². The van der Waals surface area contributed by atoms with Gasteiger partial charge in [0, 0.05) is 13.1 Å². The van der Waals surface area contributed by atoms with Crippen molar-refractivity contribution in [2.45, 2.75) is 19.9 Å². The standard InChI is InChI=1S/C12H15NO2.C2H4O2/c1-9-3-4-11-8-13(12(14)15-2)6-5-10(11)7-9;1-4-2-3/h3-4,7H,5-6,8H2,1-2H3;2H,1H3. The van der Waals surface area contributed by atoms with Crippen LogP contribution in [0.1, 0.15) is 16.7 Å². The lowest BCUT2D eigenvalue weighted by Crippen LogP contribution is -2.35. The number of benzene rings is 1. The second-order valence-corrected chi connectivity index (χ2v) is 4.25. The minimum Gasteiger partial charge on any atom is -0.471 e. The number of carbonyl (C=O) groups is 2. The number of methoxy groups -OCH3 is 2. The van der Waals surface area contributed by atoms with Crippen molar-refractivity contribution >= 4 is 12.6 Å². The van der Waals surface area contributed by atoms with E-state index >= 15 is 0 Å². The highest BCUT2D eigenvalue weighted by atomic mass is 16.5. The fourth-order valence-corrected chi connectivity index (χ4v) is 1.97. The van der Waals surface area contributed by atoms with E-state index in [0.717, 1.165) is 13.0 Å². The molecule has 2 rings (SSSR count). The molecule has 5 heteroatoms. The average molecular weight is 265 g/mol. The van der Waals surface area contributed by atoms with E-state index in [0.29, 0.717) is 13.0 Å². The van der Waals surface area contributed by atoms with E-state index in [1.54, 1.807) is 4.90 Å². The summed E-state index contributed by atoms with van der Waals surface area (Å²) in [6.07, 6.45) is 0.688. The quantitative estimate of drug-likeness (QED) is 0.728. The predicted octanol–water partition coefficient (Wildman–Crippen LogP) is 1.91. The lowest BCUT2D eigenvalue weighted by Gasteiger charge is -2.27. The molecule has 0 saturated carbocycles. The molecule has 19 heavy (non-hydrogen) atoms. The summed E-state index contributed by atoms with van der Waals surface area (Å²) in [6, 6.07) is 6.38. The van der Waals surface area contributed by atoms with Crippen molar-refractivity contribution in [3.63, 3.8) is 0 Å². The summed E-state index contributed by atoms with van der Waals surface area (Å²) in [5.74, 6) is 0. The van der Waals surface area contributed by atoms with Crippen molar-refractivity contribution in [2.75, 3.05) is 20.8 Å². The molecule has 1 heterocycles. The van der Waals surface area contributed by atoms with E-state index in [9.17, 15) is 4.79 Å². The molecule has 0 aliphatic carbocycles. The van der Waals surface area contributed by atoms with E-state index in [4.69, 9.17) is 9.53 Å². The van der Waals surface area contributed by atoms with E-state index in [2.05, 4.69) is 29.9 Å². The zero-order chi connectivity index (χ0) is 14.3. The molecule has 0 saturated heterocycles. The van der Waals surface area contributed by atoms with Gasteiger partial charge in [0.05, 0.1) is 14.2 Å². The highest BCUT2D eigenvalue weighted by Gasteiger charge is 2.20. The Morgan fingerprint density at radius 1 is 1.32 bits per heavy atom. The number of rotatable bonds is 1. The molecule has 0 fully saturated rings. The van der Waals surface area contributed by atoms with E-state index in [1.165, 1.54) is 30.9 Å². The van der Waals surface area contributed by atoms with E-state index in [-0.39, 0.29) is 6.09 Å². The highest BCUT2D eigenvalue weighted by molar-refractivity contribution is 5.68. The van der Waals surface area contributed by atoms with Crippen molar-refractivity contribution < 1.29 is 19.1 Å². The van der Waals surface area contributed by atoms with Gasteiger partial charge in [0.15, 0.2) is 0 Å². The first-order chi connectivity index (χ1) is 9.12. The Hall–Kier alpha value is -2.04. The molecule has 0 spiro atoms. The van der Waals surface area contributed by atoms with Gasteiger partial charge in [0.1, 0.15) is 0 Å². The third-order valence-corrected chi connectivity index (χ3v) is 2.90. The summed E-state index contributed by atoms with van der Waals surface area (Å²) in [5.41, 5.74) is 3.87. The molecule has 5 nitrogen and oxygen atoms in total. The second-order valence-electron chi connectivity index (χ2n) is 4.25. The minimum atomic E-state index is -0.235. The SMILES string of the molecule is COC(=O)N1CCc2cc(C)ccc2C1.COC=O. The summed E-state index contributed by atoms with van der Waals surface area (Å²) in [4.78, 5) is 22.0. The van der Waals surface area contributed by atoms with Crippen molar-refractivity contribution in [3.8, 4) is 0 Å². The summed E-state index contributed by atoms with van der Waals surface area (Å²) in [7, 11) is 2.74. The molecule has 0 N–H and O–H groups in total. The maximum Gasteiger partial charge on any atom is 0.409 e. The van der Waals surface area contributed by atoms with Gasteiger partial charge in [-0.25, -0.2) is 4.79 Å². The number of carbonyl (C=O) groups excluding carboxylic acids is 2. The normalized spacial score (nSPS) is 12.7. The molecule has 0 unspecified atom stereocenters. The van der Waals surface area contributed by atoms with Gasteiger partial charge in [-0.1, -0.05) is 23.8 Å². The molecule has 1 aliphatic rings. The molecular formula is C14H19NO4. The zero-order valence-corrected chi connectivity index (χ0v) is 11.5. The van der Waals surface area contributed by atoms with Crippen LogP contribution >= 0.6 is 0 Å². The molecule has 1 amide bonds. The molecule has 0 bridgehead atoms. The first kappa shape index (κ1) is 15.0. The second kappa shape index (κ2) is 7.41. The van der Waals surface area contributed by atoms with Crippen molar-refractivity contribution in [1.29, 1.82) is 0 Å². The lowest BCUT2D eigenvalue weighted by molar-refractivity contribution is -0.126. The van der Waals surface area contributed by atoms with Crippen LogP contribution in [0.2, 0.25) is 0 Å². The fourth-order valence-electron chi connectivity index (χ4n) is 1.97. The van der Waals surface area contributed by atoms with Gasteiger partial charge in [-0.3, -0.25) is 4.79 Å². The summed E-state index contributed by atoms with van der Waals surface area (Å²) >= 11 is 0. The first-order valence-electron chi connectivity index (χ1n) is 6.00. The van der Waals surface area contributed by atoms with Gasteiger partial charge in [0.25, 0.3) is 6.47 Å². The van der Waals surface area contributed by atoms with Gasteiger partial charge >= 0.3 is 6.09 Å². The Morgan fingerprint density at radius 2 is 2.00 bits per heavy atom. The largest absolute Gasteiger partial charge is 0.471 e. The number of hydrogen-bond donors (Lipinski definition) is 0. The van der Waals surface area contributed by atoms with Crippen LogP contribution in [0.4, 0.5) is 4.79 Å². The molecule has 0 aromatic heterocycles. The Bertz CT molecular complexity index is 445. The van der Waals surface area contributed by atoms with Crippen molar-refractivity contribution in [3.05, 3.63) is 34.9 Å². The Kier molecular flexibility index (Phi) is 5.85. The molecule has 1 aromatic carbocycles. The van der Waals surface area contributed by atoms with Crippen molar-refractivity contribution in [2.24, 2.45) is 0 Å². The number of hydrogen-bond acceptors (Lipinski definition) is 4. The summed E-state index contributed by atoms with van der Waals surface area (Å²) in [6.45, 7) is 3.89. The Balaban J connectivity index is 0.000000399. The smallest absolute Gasteiger partial charge is 0.409 e. The van der Waals surface area contributed by atoms with Crippen LogP contribution in [0.5, 0.6) is 0 Å². The number of aryl methyl sites for hydroxylation is 1. The fraction of sp³-hybridized carbons (Fsp3) is 0.429. The van der Waals surface area contributed by atoms with Crippen molar-refractivity contribution in [1.82, 2.24) is 4.90 Å². The number of fused-ring (bicyclic) bond motifs is 1.